The minimum absolute atomic E-state index is 0.274. The highest BCUT2D eigenvalue weighted by molar-refractivity contribution is 5.94. The Labute approximate surface area is 182 Å². The molecule has 32 heavy (non-hydrogen) atoms. The lowest BCUT2D eigenvalue weighted by atomic mass is 10.1. The van der Waals surface area contributed by atoms with Gasteiger partial charge in [0, 0.05) is 11.8 Å². The number of fused-ring (bicyclic) bond motifs is 1. The summed E-state index contributed by atoms with van der Waals surface area (Å²) >= 11 is 0. The number of nitrogens with one attached hydrogen (secondary N) is 1. The quantitative estimate of drug-likeness (QED) is 0.638. The van der Waals surface area contributed by atoms with Crippen molar-refractivity contribution in [2.45, 2.75) is 24.6 Å². The number of aromatic nitrogens is 2. The first-order valence-electron chi connectivity index (χ1n) is 10.2. The first kappa shape index (κ1) is 20.3. The third-order valence-corrected chi connectivity index (χ3v) is 5.65. The molecule has 1 fully saturated rings. The highest BCUT2D eigenvalue weighted by Gasteiger charge is 2.48. The maximum absolute atomic E-state index is 13.2. The second-order valence-electron chi connectivity index (χ2n) is 7.82. The number of alkyl halides is 3. The molecule has 0 bridgehead atoms. The molecule has 2 aromatic heterocycles. The minimum Gasteiger partial charge on any atom is -0.488 e. The zero-order chi connectivity index (χ0) is 22.3. The summed E-state index contributed by atoms with van der Waals surface area (Å²) in [5, 5.41) is 3.06. The molecule has 1 aromatic carbocycles. The van der Waals surface area contributed by atoms with Crippen LogP contribution in [-0.2, 0) is 11.7 Å². The number of benzene rings is 1. The lowest BCUT2D eigenvalue weighted by Crippen LogP contribution is -2.48. The third kappa shape index (κ3) is 3.74. The largest absolute Gasteiger partial charge is 0.488 e. The molecule has 1 aliphatic heterocycles. The number of anilines is 1. The van der Waals surface area contributed by atoms with Gasteiger partial charge in [0.1, 0.15) is 6.61 Å². The van der Waals surface area contributed by atoms with Crippen LogP contribution in [0.1, 0.15) is 24.1 Å². The molecule has 5 rings (SSSR count). The second kappa shape index (κ2) is 7.51. The van der Waals surface area contributed by atoms with Gasteiger partial charge >= 0.3 is 12.2 Å². The summed E-state index contributed by atoms with van der Waals surface area (Å²) in [6.07, 6.45) is -1.20. The van der Waals surface area contributed by atoms with Crippen molar-refractivity contribution in [2.75, 3.05) is 18.1 Å². The summed E-state index contributed by atoms with van der Waals surface area (Å²) in [5.41, 5.74) is 0.166. The van der Waals surface area contributed by atoms with Crippen molar-refractivity contribution in [1.82, 2.24) is 15.3 Å². The molecule has 0 spiro atoms. The first-order valence-corrected chi connectivity index (χ1v) is 10.2. The van der Waals surface area contributed by atoms with Crippen molar-refractivity contribution < 1.29 is 22.7 Å². The molecule has 1 aliphatic carbocycles. The fourth-order valence-corrected chi connectivity index (χ4v) is 3.80. The van der Waals surface area contributed by atoms with E-state index >= 15 is 0 Å². The third-order valence-electron chi connectivity index (χ3n) is 5.65. The number of nitrogens with zero attached hydrogens (tertiary/aromatic N) is 3. The van der Waals surface area contributed by atoms with Crippen LogP contribution in [0.2, 0.25) is 0 Å². The number of hydrogen-bond acceptors (Lipinski definition) is 4. The van der Waals surface area contributed by atoms with Crippen molar-refractivity contribution in [3.63, 3.8) is 0 Å². The molecule has 0 unspecified atom stereocenters. The smallest absolute Gasteiger partial charge is 0.416 e. The monoisotopic (exact) mass is 440 g/mol. The summed E-state index contributed by atoms with van der Waals surface area (Å²) in [5.74, 6) is 0.685. The highest BCUT2D eigenvalue weighted by atomic mass is 19.4. The van der Waals surface area contributed by atoms with Crippen LogP contribution in [0.25, 0.3) is 11.3 Å². The Kier molecular flexibility index (Phi) is 4.76. The van der Waals surface area contributed by atoms with Crippen LogP contribution in [0.3, 0.4) is 0 Å². The Morgan fingerprint density at radius 1 is 1.09 bits per heavy atom. The maximum Gasteiger partial charge on any atom is 0.416 e. The van der Waals surface area contributed by atoms with Gasteiger partial charge in [-0.05, 0) is 49.2 Å². The van der Waals surface area contributed by atoms with Crippen LogP contribution in [0.5, 0.6) is 5.75 Å². The predicted molar refractivity (Wildman–Crippen MR) is 111 cm³/mol. The van der Waals surface area contributed by atoms with Gasteiger partial charge < -0.3 is 10.1 Å². The number of hydrogen-bond donors (Lipinski definition) is 1. The van der Waals surface area contributed by atoms with Crippen molar-refractivity contribution >= 4 is 11.8 Å². The van der Waals surface area contributed by atoms with Gasteiger partial charge in [0.05, 0.1) is 29.0 Å². The van der Waals surface area contributed by atoms with Crippen LogP contribution < -0.4 is 15.0 Å². The molecule has 0 radical (unpaired) electrons. The van der Waals surface area contributed by atoms with E-state index in [9.17, 15) is 18.0 Å². The zero-order valence-electron chi connectivity index (χ0n) is 16.9. The van der Waals surface area contributed by atoms with Gasteiger partial charge in [-0.1, -0.05) is 18.2 Å². The molecular weight excluding hydrogens is 421 g/mol. The number of pyridine rings is 2. The number of rotatable bonds is 3. The van der Waals surface area contributed by atoms with E-state index in [-0.39, 0.29) is 18.4 Å². The summed E-state index contributed by atoms with van der Waals surface area (Å²) in [7, 11) is 0. The Morgan fingerprint density at radius 3 is 2.66 bits per heavy atom. The van der Waals surface area contributed by atoms with Crippen molar-refractivity contribution in [2.24, 2.45) is 0 Å². The molecule has 0 atom stereocenters. The van der Waals surface area contributed by atoms with Crippen LogP contribution in [-0.4, -0.2) is 29.2 Å². The van der Waals surface area contributed by atoms with Gasteiger partial charge in [-0.3, -0.25) is 9.88 Å². The Hall–Kier alpha value is -3.62. The molecular formula is C23H19F3N4O2. The van der Waals surface area contributed by atoms with E-state index in [1.54, 1.807) is 24.4 Å². The molecule has 6 nitrogen and oxygen atoms in total. The van der Waals surface area contributed by atoms with Gasteiger partial charge in [-0.25, -0.2) is 9.78 Å². The Morgan fingerprint density at radius 2 is 1.94 bits per heavy atom. The molecule has 1 N–H and O–H groups in total. The number of amides is 2. The number of halogens is 3. The molecule has 0 saturated heterocycles. The molecule has 3 aromatic rings. The highest BCUT2D eigenvalue weighted by Crippen LogP contribution is 2.45. The SMILES string of the molecule is O=C(NC1(c2ccccn2)CC1)N1CCOc2ccc(-c3cccc(C(F)(F)F)c3)nc21. The van der Waals surface area contributed by atoms with Gasteiger partial charge in [-0.15, -0.1) is 0 Å². The van der Waals surface area contributed by atoms with Gasteiger partial charge in [0.25, 0.3) is 0 Å². The average Bonchev–Trinajstić information content (AvgIpc) is 3.59. The van der Waals surface area contributed by atoms with E-state index in [1.165, 1.54) is 11.0 Å². The zero-order valence-corrected chi connectivity index (χ0v) is 16.9. The summed E-state index contributed by atoms with van der Waals surface area (Å²) in [6, 6.07) is 13.4. The van der Waals surface area contributed by atoms with Crippen LogP contribution >= 0.6 is 0 Å². The van der Waals surface area contributed by atoms with E-state index in [2.05, 4.69) is 15.3 Å². The van der Waals surface area contributed by atoms with E-state index in [0.29, 0.717) is 23.6 Å². The molecule has 164 valence electrons. The van der Waals surface area contributed by atoms with Crippen LogP contribution in [0.15, 0.2) is 60.8 Å². The standard InChI is InChI=1S/C23H19F3N4O2/c24-23(25,26)16-5-3-4-15(14-16)17-7-8-18-20(28-17)30(12-13-32-18)21(31)29-22(9-10-22)19-6-1-2-11-27-19/h1-8,11,14H,9-10,12-13H2,(H,29,31). The van der Waals surface area contributed by atoms with E-state index in [1.807, 2.05) is 18.2 Å². The number of ether oxygens (including phenoxy) is 1. The lowest BCUT2D eigenvalue weighted by Gasteiger charge is -2.30. The van der Waals surface area contributed by atoms with Crippen LogP contribution in [0.4, 0.5) is 23.8 Å². The van der Waals surface area contributed by atoms with E-state index in [4.69, 9.17) is 4.74 Å². The molecule has 2 aliphatic rings. The lowest BCUT2D eigenvalue weighted by molar-refractivity contribution is -0.137. The Balaban J connectivity index is 1.44. The topological polar surface area (TPSA) is 67.4 Å². The van der Waals surface area contributed by atoms with Crippen molar-refractivity contribution in [3.05, 3.63) is 72.1 Å². The average molecular weight is 440 g/mol. The molecule has 9 heteroatoms. The molecule has 3 heterocycles. The number of urea groups is 1. The van der Waals surface area contributed by atoms with E-state index in [0.717, 1.165) is 30.7 Å². The maximum atomic E-state index is 13.2. The molecule has 1 saturated carbocycles. The van der Waals surface area contributed by atoms with Crippen molar-refractivity contribution in [1.29, 1.82) is 0 Å². The van der Waals surface area contributed by atoms with Crippen molar-refractivity contribution in [3.8, 4) is 17.0 Å². The number of carbonyl (C=O) groups excluding carboxylic acids is 1. The fourth-order valence-electron chi connectivity index (χ4n) is 3.80. The van der Waals surface area contributed by atoms with Gasteiger partial charge in [-0.2, -0.15) is 13.2 Å². The van der Waals surface area contributed by atoms with Gasteiger partial charge in [0.15, 0.2) is 11.6 Å². The summed E-state index contributed by atoms with van der Waals surface area (Å²) in [4.78, 5) is 23.5. The van der Waals surface area contributed by atoms with E-state index < -0.39 is 17.3 Å². The first-order chi connectivity index (χ1) is 15.4. The normalized spacial score (nSPS) is 16.7. The van der Waals surface area contributed by atoms with Crippen LogP contribution in [0, 0.1) is 0 Å². The summed E-state index contributed by atoms with van der Waals surface area (Å²) in [6.45, 7) is 0.567. The summed E-state index contributed by atoms with van der Waals surface area (Å²) < 4.78 is 45.0. The molecule has 2 amide bonds. The predicted octanol–water partition coefficient (Wildman–Crippen LogP) is 4.76. The van der Waals surface area contributed by atoms with Gasteiger partial charge in [0.2, 0.25) is 0 Å². The minimum atomic E-state index is -4.46. The number of carbonyl (C=O) groups is 1. The Bertz CT molecular complexity index is 1160. The second-order valence-corrected chi connectivity index (χ2v) is 7.82. The fraction of sp³-hybridized carbons (Fsp3) is 0.261.